The van der Waals surface area contributed by atoms with Crippen LogP contribution in [0, 0.1) is 0 Å². The maximum Gasteiger partial charge on any atom is 0.137 e. The van der Waals surface area contributed by atoms with Gasteiger partial charge in [0.25, 0.3) is 0 Å². The summed E-state index contributed by atoms with van der Waals surface area (Å²) >= 11 is 19.6. The van der Waals surface area contributed by atoms with Crippen molar-refractivity contribution in [3.63, 3.8) is 0 Å². The van der Waals surface area contributed by atoms with Crippen LogP contribution < -0.4 is 0 Å². The Morgan fingerprint density at radius 2 is 2.10 bits per heavy atom. The lowest BCUT2D eigenvalue weighted by atomic mass is 9.79. The highest BCUT2D eigenvalue weighted by Crippen LogP contribution is 2.52. The Labute approximate surface area is 135 Å². The van der Waals surface area contributed by atoms with Gasteiger partial charge in [0, 0.05) is 0 Å². The van der Waals surface area contributed by atoms with Crippen LogP contribution in [0.3, 0.4) is 0 Å². The molecule has 2 aromatic rings. The van der Waals surface area contributed by atoms with E-state index in [2.05, 4.69) is 10.1 Å². The lowest BCUT2D eigenvalue weighted by molar-refractivity contribution is -0.0485. The Hall–Kier alpha value is -0.330. The van der Waals surface area contributed by atoms with Crippen LogP contribution in [0.1, 0.15) is 36.6 Å². The Morgan fingerprint density at radius 1 is 1.30 bits per heavy atom. The highest BCUT2D eigenvalue weighted by molar-refractivity contribution is 7.17. The third-order valence-electron chi connectivity index (χ3n) is 3.74. The molecule has 1 saturated carbocycles. The van der Waals surface area contributed by atoms with E-state index in [0.29, 0.717) is 25.7 Å². The van der Waals surface area contributed by atoms with Crippen LogP contribution in [-0.2, 0) is 5.60 Å². The highest BCUT2D eigenvalue weighted by atomic mass is 35.5. The number of rotatable bonds is 2. The summed E-state index contributed by atoms with van der Waals surface area (Å²) in [6, 6.07) is -0.206. The zero-order chi connectivity index (χ0) is 14.3. The zero-order valence-electron chi connectivity index (χ0n) is 10.4. The van der Waals surface area contributed by atoms with Gasteiger partial charge in [-0.1, -0.05) is 47.6 Å². The molecule has 2 heterocycles. The second kappa shape index (κ2) is 5.46. The lowest BCUT2D eigenvalue weighted by Crippen LogP contribution is -2.39. The van der Waals surface area contributed by atoms with Gasteiger partial charge >= 0.3 is 0 Å². The van der Waals surface area contributed by atoms with E-state index in [1.165, 1.54) is 17.7 Å². The molecular weight excluding hydrogens is 341 g/mol. The summed E-state index contributed by atoms with van der Waals surface area (Å²) in [6.07, 6.45) is 6.44. The Bertz CT molecular complexity index is 616. The molecule has 0 radical (unpaired) electrons. The summed E-state index contributed by atoms with van der Waals surface area (Å²) in [7, 11) is 0. The normalized spacial score (nSPS) is 26.9. The van der Waals surface area contributed by atoms with Crippen LogP contribution >= 0.6 is 46.1 Å². The van der Waals surface area contributed by atoms with Gasteiger partial charge in [-0.25, -0.2) is 9.67 Å². The molecule has 0 spiro atoms. The molecule has 1 N–H and O–H groups in total. The Morgan fingerprint density at radius 3 is 2.70 bits per heavy atom. The number of thiophene rings is 1. The fourth-order valence-corrected chi connectivity index (χ4v) is 4.82. The SMILES string of the molecule is OC1(c2sc(Cl)c(Cl)c2Cl)CCCCC1n1cncn1. The van der Waals surface area contributed by atoms with Crippen molar-refractivity contribution in [1.29, 1.82) is 0 Å². The topological polar surface area (TPSA) is 50.9 Å². The molecule has 0 bridgehead atoms. The van der Waals surface area contributed by atoms with Gasteiger partial charge in [0.05, 0.1) is 21.0 Å². The summed E-state index contributed by atoms with van der Waals surface area (Å²) in [5, 5.41) is 16.0. The third kappa shape index (κ3) is 2.25. The third-order valence-corrected chi connectivity index (χ3v) is 6.48. The van der Waals surface area contributed by atoms with Gasteiger partial charge in [-0.3, -0.25) is 0 Å². The van der Waals surface area contributed by atoms with Gasteiger partial charge in [-0.2, -0.15) is 5.10 Å². The number of halogens is 3. The molecule has 1 aliphatic rings. The number of aromatic nitrogens is 3. The Kier molecular flexibility index (Phi) is 3.99. The first-order valence-electron chi connectivity index (χ1n) is 6.24. The molecule has 8 heteroatoms. The van der Waals surface area contributed by atoms with E-state index in [-0.39, 0.29) is 6.04 Å². The predicted molar refractivity (Wildman–Crippen MR) is 80.8 cm³/mol. The first-order valence-corrected chi connectivity index (χ1v) is 8.19. The van der Waals surface area contributed by atoms with Crippen molar-refractivity contribution in [1.82, 2.24) is 14.8 Å². The number of nitrogens with zero attached hydrogens (tertiary/aromatic N) is 3. The fourth-order valence-electron chi connectivity index (χ4n) is 2.78. The van der Waals surface area contributed by atoms with E-state index < -0.39 is 5.60 Å². The average Bonchev–Trinajstić information content (AvgIpc) is 3.04. The molecule has 0 saturated heterocycles. The zero-order valence-corrected chi connectivity index (χ0v) is 13.5. The minimum absolute atomic E-state index is 0.206. The van der Waals surface area contributed by atoms with Crippen molar-refractivity contribution in [2.45, 2.75) is 37.3 Å². The average molecular weight is 353 g/mol. The standard InChI is InChI=1S/C12H12Cl3N3OS/c13-8-9(14)11(15)20-10(8)12(19)4-2-1-3-7(12)18-6-16-5-17-18/h5-7,19H,1-4H2. The first kappa shape index (κ1) is 14.6. The smallest absolute Gasteiger partial charge is 0.137 e. The van der Waals surface area contributed by atoms with Crippen molar-refractivity contribution in [2.75, 3.05) is 0 Å². The minimum atomic E-state index is -1.11. The summed E-state index contributed by atoms with van der Waals surface area (Å²) in [6.45, 7) is 0. The molecular formula is C12H12Cl3N3OS. The molecule has 2 aromatic heterocycles. The monoisotopic (exact) mass is 351 g/mol. The van der Waals surface area contributed by atoms with Crippen molar-refractivity contribution in [2.24, 2.45) is 0 Å². The van der Waals surface area contributed by atoms with Crippen LogP contribution in [0.5, 0.6) is 0 Å². The second-order valence-electron chi connectivity index (χ2n) is 4.89. The van der Waals surface area contributed by atoms with Crippen LogP contribution in [0.15, 0.2) is 12.7 Å². The van der Waals surface area contributed by atoms with Crippen LogP contribution in [0.25, 0.3) is 0 Å². The molecule has 0 aliphatic heterocycles. The van der Waals surface area contributed by atoms with Crippen molar-refractivity contribution >= 4 is 46.1 Å². The van der Waals surface area contributed by atoms with Gasteiger partial charge in [0.2, 0.25) is 0 Å². The van der Waals surface area contributed by atoms with Gasteiger partial charge in [0.15, 0.2) is 0 Å². The van der Waals surface area contributed by atoms with Gasteiger partial charge < -0.3 is 5.11 Å². The molecule has 4 nitrogen and oxygen atoms in total. The maximum absolute atomic E-state index is 11.2. The van der Waals surface area contributed by atoms with Crippen molar-refractivity contribution in [3.05, 3.63) is 31.9 Å². The minimum Gasteiger partial charge on any atom is -0.382 e. The summed E-state index contributed by atoms with van der Waals surface area (Å²) in [4.78, 5) is 4.58. The largest absolute Gasteiger partial charge is 0.382 e. The van der Waals surface area contributed by atoms with E-state index >= 15 is 0 Å². The molecule has 108 valence electrons. The van der Waals surface area contributed by atoms with Crippen molar-refractivity contribution < 1.29 is 5.11 Å². The lowest BCUT2D eigenvalue weighted by Gasteiger charge is -2.39. The summed E-state index contributed by atoms with van der Waals surface area (Å²) < 4.78 is 2.10. The molecule has 1 fully saturated rings. The first-order chi connectivity index (χ1) is 9.54. The maximum atomic E-state index is 11.2. The molecule has 2 unspecified atom stereocenters. The van der Waals surface area contributed by atoms with E-state index in [1.807, 2.05) is 0 Å². The molecule has 20 heavy (non-hydrogen) atoms. The van der Waals surface area contributed by atoms with E-state index in [0.717, 1.165) is 19.3 Å². The van der Waals surface area contributed by atoms with Gasteiger partial charge in [-0.05, 0) is 12.8 Å². The van der Waals surface area contributed by atoms with E-state index in [1.54, 1.807) is 11.0 Å². The van der Waals surface area contributed by atoms with Crippen LogP contribution in [-0.4, -0.2) is 19.9 Å². The van der Waals surface area contributed by atoms with E-state index in [9.17, 15) is 5.11 Å². The number of aliphatic hydroxyl groups is 1. The highest BCUT2D eigenvalue weighted by Gasteiger charge is 2.45. The quantitative estimate of drug-likeness (QED) is 0.876. The summed E-state index contributed by atoms with van der Waals surface area (Å²) in [5.74, 6) is 0. The van der Waals surface area contributed by atoms with Crippen molar-refractivity contribution in [3.8, 4) is 0 Å². The number of hydrogen-bond donors (Lipinski definition) is 1. The molecule has 1 aliphatic carbocycles. The summed E-state index contributed by atoms with van der Waals surface area (Å²) in [5.41, 5.74) is -1.11. The molecule has 2 atom stereocenters. The van der Waals surface area contributed by atoms with Crippen LogP contribution in [0.4, 0.5) is 0 Å². The Balaban J connectivity index is 2.09. The molecule has 0 aromatic carbocycles. The molecule has 0 amide bonds. The van der Waals surface area contributed by atoms with Crippen LogP contribution in [0.2, 0.25) is 14.4 Å². The second-order valence-corrected chi connectivity index (χ2v) is 7.27. The van der Waals surface area contributed by atoms with E-state index in [4.69, 9.17) is 34.8 Å². The fraction of sp³-hybridized carbons (Fsp3) is 0.500. The van der Waals surface area contributed by atoms with Gasteiger partial charge in [0.1, 0.15) is 22.6 Å². The number of hydrogen-bond acceptors (Lipinski definition) is 4. The predicted octanol–water partition coefficient (Wildman–Crippen LogP) is 4.30. The molecule has 3 rings (SSSR count). The van der Waals surface area contributed by atoms with Gasteiger partial charge in [-0.15, -0.1) is 11.3 Å².